The molecular formula is C24H23I2N3O3. The lowest BCUT2D eigenvalue weighted by molar-refractivity contribution is -0.123. The molecule has 6 nitrogen and oxygen atoms in total. The Morgan fingerprint density at radius 2 is 1.78 bits per heavy atom. The lowest BCUT2D eigenvalue weighted by Crippen LogP contribution is -2.42. The number of fused-ring (bicyclic) bond motifs is 1. The average molecular weight is 655 g/mol. The summed E-state index contributed by atoms with van der Waals surface area (Å²) in [6.45, 7) is 3.72. The highest BCUT2D eigenvalue weighted by atomic mass is 127. The molecule has 0 aliphatic carbocycles. The van der Waals surface area contributed by atoms with Gasteiger partial charge in [0.25, 0.3) is 5.91 Å². The molecule has 0 saturated carbocycles. The molecule has 1 saturated heterocycles. The van der Waals surface area contributed by atoms with Gasteiger partial charge in [0.1, 0.15) is 12.4 Å². The Morgan fingerprint density at radius 3 is 2.53 bits per heavy atom. The minimum Gasteiger partial charge on any atom is -0.487 e. The van der Waals surface area contributed by atoms with Gasteiger partial charge in [-0.15, -0.1) is 0 Å². The third-order valence-corrected chi connectivity index (χ3v) is 6.69. The maximum absolute atomic E-state index is 12.1. The highest BCUT2D eigenvalue weighted by Crippen LogP contribution is 2.29. The van der Waals surface area contributed by atoms with Crippen molar-refractivity contribution < 1.29 is 14.3 Å². The second-order valence-electron chi connectivity index (χ2n) is 7.47. The van der Waals surface area contributed by atoms with Crippen molar-refractivity contribution in [3.05, 3.63) is 72.9 Å². The number of amides is 1. The van der Waals surface area contributed by atoms with Crippen LogP contribution in [0.4, 0.5) is 0 Å². The van der Waals surface area contributed by atoms with Crippen molar-refractivity contribution in [3.63, 3.8) is 0 Å². The Labute approximate surface area is 214 Å². The standard InChI is InChI=1S/C24H23I2N3O3/c25-21-12-18(14-27-28-23(30)15-29-7-9-31-10-8-29)13-22(26)24(21)32-16-17-5-6-19-3-1-2-4-20(19)11-17/h1-6,11-14H,7-10,15-16H2,(H,28,30)/b27-14+. The monoisotopic (exact) mass is 655 g/mol. The molecule has 166 valence electrons. The Morgan fingerprint density at radius 1 is 1.06 bits per heavy atom. The molecule has 1 aliphatic rings. The fourth-order valence-electron chi connectivity index (χ4n) is 3.45. The van der Waals surface area contributed by atoms with Gasteiger partial charge in [-0.2, -0.15) is 5.10 Å². The zero-order valence-electron chi connectivity index (χ0n) is 17.4. The van der Waals surface area contributed by atoms with E-state index in [0.717, 1.165) is 37.1 Å². The molecule has 1 amide bonds. The molecule has 1 N–H and O–H groups in total. The predicted molar refractivity (Wildman–Crippen MR) is 143 cm³/mol. The van der Waals surface area contributed by atoms with Gasteiger partial charge in [0, 0.05) is 13.1 Å². The van der Waals surface area contributed by atoms with E-state index in [4.69, 9.17) is 9.47 Å². The minimum atomic E-state index is -0.122. The molecule has 3 aromatic rings. The van der Waals surface area contributed by atoms with Crippen molar-refractivity contribution in [2.75, 3.05) is 32.8 Å². The number of hydrogen-bond donors (Lipinski definition) is 1. The summed E-state index contributed by atoms with van der Waals surface area (Å²) in [5, 5.41) is 6.54. The van der Waals surface area contributed by atoms with Crippen LogP contribution in [0.1, 0.15) is 11.1 Å². The van der Waals surface area contributed by atoms with Gasteiger partial charge in [-0.05, 0) is 85.3 Å². The Kier molecular flexibility index (Phi) is 8.33. The van der Waals surface area contributed by atoms with Gasteiger partial charge in [0.05, 0.1) is 33.1 Å². The largest absolute Gasteiger partial charge is 0.487 e. The molecular weight excluding hydrogens is 632 g/mol. The molecule has 4 rings (SSSR count). The number of benzene rings is 3. The summed E-state index contributed by atoms with van der Waals surface area (Å²) in [5.74, 6) is 0.732. The van der Waals surface area contributed by atoms with Crippen molar-refractivity contribution >= 4 is 68.1 Å². The molecule has 0 atom stereocenters. The molecule has 0 unspecified atom stereocenters. The number of halogens is 2. The normalized spacial score (nSPS) is 14.7. The average Bonchev–Trinajstić information content (AvgIpc) is 2.79. The summed E-state index contributed by atoms with van der Waals surface area (Å²) < 4.78 is 13.4. The maximum atomic E-state index is 12.1. The number of nitrogens with zero attached hydrogens (tertiary/aromatic N) is 2. The summed E-state index contributed by atoms with van der Waals surface area (Å²) in [5.41, 5.74) is 4.64. The van der Waals surface area contributed by atoms with E-state index >= 15 is 0 Å². The van der Waals surface area contributed by atoms with Gasteiger partial charge in [0.15, 0.2) is 0 Å². The zero-order valence-corrected chi connectivity index (χ0v) is 21.7. The van der Waals surface area contributed by atoms with Crippen LogP contribution in [0.5, 0.6) is 5.75 Å². The van der Waals surface area contributed by atoms with Crippen LogP contribution in [-0.2, 0) is 16.1 Å². The first-order chi connectivity index (χ1) is 15.6. The van der Waals surface area contributed by atoms with Gasteiger partial charge < -0.3 is 9.47 Å². The Hall–Kier alpha value is -1.76. The van der Waals surface area contributed by atoms with Gasteiger partial charge in [-0.25, -0.2) is 5.43 Å². The number of nitrogens with one attached hydrogen (secondary N) is 1. The number of morpholine rings is 1. The van der Waals surface area contributed by atoms with E-state index in [-0.39, 0.29) is 5.91 Å². The molecule has 32 heavy (non-hydrogen) atoms. The highest BCUT2D eigenvalue weighted by molar-refractivity contribution is 14.1. The highest BCUT2D eigenvalue weighted by Gasteiger charge is 2.13. The summed E-state index contributed by atoms with van der Waals surface area (Å²) in [6.07, 6.45) is 1.66. The second-order valence-corrected chi connectivity index (χ2v) is 9.79. The van der Waals surface area contributed by atoms with E-state index in [1.165, 1.54) is 10.8 Å². The van der Waals surface area contributed by atoms with Crippen LogP contribution in [-0.4, -0.2) is 49.9 Å². The smallest absolute Gasteiger partial charge is 0.254 e. The SMILES string of the molecule is O=C(CN1CCOCC1)N/N=C/c1cc(I)c(OCc2ccc3ccccc3c2)c(I)c1. The minimum absolute atomic E-state index is 0.122. The number of carbonyl (C=O) groups excluding carboxylic acids is 1. The lowest BCUT2D eigenvalue weighted by atomic mass is 10.1. The van der Waals surface area contributed by atoms with Crippen molar-refractivity contribution in [2.24, 2.45) is 5.10 Å². The first-order valence-electron chi connectivity index (χ1n) is 10.3. The lowest BCUT2D eigenvalue weighted by Gasteiger charge is -2.25. The van der Waals surface area contributed by atoms with E-state index in [1.807, 2.05) is 24.3 Å². The van der Waals surface area contributed by atoms with E-state index in [0.29, 0.717) is 26.4 Å². The fourth-order valence-corrected chi connectivity index (χ4v) is 5.58. The molecule has 0 spiro atoms. The summed E-state index contributed by atoms with van der Waals surface area (Å²) >= 11 is 4.55. The molecule has 1 heterocycles. The van der Waals surface area contributed by atoms with Crippen LogP contribution in [0.2, 0.25) is 0 Å². The fraction of sp³-hybridized carbons (Fsp3) is 0.250. The summed E-state index contributed by atoms with van der Waals surface area (Å²) in [6, 6.07) is 18.7. The summed E-state index contributed by atoms with van der Waals surface area (Å²) in [4.78, 5) is 14.1. The summed E-state index contributed by atoms with van der Waals surface area (Å²) in [7, 11) is 0. The van der Waals surface area contributed by atoms with Crippen molar-refractivity contribution in [1.29, 1.82) is 0 Å². The molecule has 8 heteroatoms. The van der Waals surface area contributed by atoms with Crippen LogP contribution in [0.25, 0.3) is 10.8 Å². The van der Waals surface area contributed by atoms with Gasteiger partial charge in [-0.1, -0.05) is 36.4 Å². The number of rotatable bonds is 7. The predicted octanol–water partition coefficient (Wildman–Crippen LogP) is 4.41. The van der Waals surface area contributed by atoms with Crippen LogP contribution in [0.15, 0.2) is 59.7 Å². The Bertz CT molecular complexity index is 1110. The number of hydrogen-bond acceptors (Lipinski definition) is 5. The topological polar surface area (TPSA) is 63.2 Å². The molecule has 3 aromatic carbocycles. The molecule has 0 aromatic heterocycles. The number of carbonyl (C=O) groups is 1. The quantitative estimate of drug-likeness (QED) is 0.233. The molecule has 1 aliphatic heterocycles. The second kappa shape index (κ2) is 11.4. The van der Waals surface area contributed by atoms with Crippen molar-refractivity contribution in [2.45, 2.75) is 6.61 Å². The van der Waals surface area contributed by atoms with E-state index < -0.39 is 0 Å². The number of hydrazone groups is 1. The van der Waals surface area contributed by atoms with Crippen LogP contribution < -0.4 is 10.2 Å². The first kappa shape index (κ1) is 23.4. The van der Waals surface area contributed by atoms with Crippen LogP contribution in [0.3, 0.4) is 0 Å². The van der Waals surface area contributed by atoms with E-state index in [2.05, 4.69) is 90.9 Å². The van der Waals surface area contributed by atoms with Gasteiger partial charge in [-0.3, -0.25) is 9.69 Å². The van der Waals surface area contributed by atoms with Crippen LogP contribution >= 0.6 is 45.2 Å². The molecule has 0 radical (unpaired) electrons. The van der Waals surface area contributed by atoms with Crippen LogP contribution in [0, 0.1) is 7.14 Å². The molecule has 1 fully saturated rings. The van der Waals surface area contributed by atoms with Gasteiger partial charge in [0.2, 0.25) is 0 Å². The Balaban J connectivity index is 1.34. The van der Waals surface area contributed by atoms with Crippen molar-refractivity contribution in [1.82, 2.24) is 10.3 Å². The maximum Gasteiger partial charge on any atom is 0.254 e. The van der Waals surface area contributed by atoms with Gasteiger partial charge >= 0.3 is 0 Å². The zero-order chi connectivity index (χ0) is 22.3. The van der Waals surface area contributed by atoms with Crippen molar-refractivity contribution in [3.8, 4) is 5.75 Å². The van der Waals surface area contributed by atoms with E-state index in [9.17, 15) is 4.79 Å². The first-order valence-corrected chi connectivity index (χ1v) is 12.5. The van der Waals surface area contributed by atoms with E-state index in [1.54, 1.807) is 6.21 Å². The third-order valence-electron chi connectivity index (χ3n) is 5.09. The number of ether oxygens (including phenoxy) is 2. The third kappa shape index (κ3) is 6.40. The molecule has 0 bridgehead atoms.